The van der Waals surface area contributed by atoms with Crippen LogP contribution in [0.5, 0.6) is 0 Å². The van der Waals surface area contributed by atoms with E-state index in [9.17, 15) is 4.79 Å². The average molecular weight is 341 g/mol. The summed E-state index contributed by atoms with van der Waals surface area (Å²) < 4.78 is 0. The van der Waals surface area contributed by atoms with Crippen LogP contribution in [0, 0.1) is 0 Å². The van der Waals surface area contributed by atoms with Gasteiger partial charge in [-0.2, -0.15) is 5.10 Å². The summed E-state index contributed by atoms with van der Waals surface area (Å²) >= 11 is 0. The summed E-state index contributed by atoms with van der Waals surface area (Å²) in [5, 5.41) is 7.45. The zero-order valence-electron chi connectivity index (χ0n) is 15.2. The highest BCUT2D eigenvalue weighted by atomic mass is 16.2. The quantitative estimate of drug-likeness (QED) is 0.874. The van der Waals surface area contributed by atoms with Crippen LogP contribution in [-0.2, 0) is 11.2 Å². The molecular weight excluding hydrogens is 314 g/mol. The Kier molecular flexibility index (Phi) is 5.79. The summed E-state index contributed by atoms with van der Waals surface area (Å²) in [5.74, 6) is 1.56. The molecule has 3 heterocycles. The van der Waals surface area contributed by atoms with E-state index in [0.29, 0.717) is 12.3 Å². The van der Waals surface area contributed by atoms with Crippen molar-refractivity contribution in [3.63, 3.8) is 0 Å². The SMILES string of the molecule is CCCC(=O)N1CCC(c2[nH]ncc2-c2ccnc(CCC)n2)CC1. The van der Waals surface area contributed by atoms with E-state index in [1.165, 1.54) is 0 Å². The fourth-order valence-corrected chi connectivity index (χ4v) is 3.49. The predicted molar refractivity (Wildman–Crippen MR) is 97.1 cm³/mol. The first-order valence-electron chi connectivity index (χ1n) is 9.36. The molecule has 0 bridgehead atoms. The minimum Gasteiger partial charge on any atom is -0.343 e. The van der Waals surface area contributed by atoms with Crippen LogP contribution in [0.3, 0.4) is 0 Å². The van der Waals surface area contributed by atoms with Gasteiger partial charge in [0.2, 0.25) is 5.91 Å². The fraction of sp³-hybridized carbons (Fsp3) is 0.579. The van der Waals surface area contributed by atoms with Crippen LogP contribution in [-0.4, -0.2) is 44.1 Å². The molecule has 0 radical (unpaired) electrons. The highest BCUT2D eigenvalue weighted by Gasteiger charge is 2.26. The standard InChI is InChI=1S/C19H27N5O/c1-3-5-17-20-10-7-16(22-17)15-13-21-23-19(15)14-8-11-24(12-9-14)18(25)6-4-2/h7,10,13-14H,3-6,8-9,11-12H2,1-2H3,(H,21,23). The smallest absolute Gasteiger partial charge is 0.222 e. The number of piperidine rings is 1. The number of aromatic amines is 1. The first-order chi connectivity index (χ1) is 12.2. The van der Waals surface area contributed by atoms with E-state index >= 15 is 0 Å². The Bertz CT molecular complexity index is 703. The number of carbonyl (C=O) groups excluding carboxylic acids is 1. The molecule has 1 fully saturated rings. The predicted octanol–water partition coefficient (Wildman–Crippen LogP) is 3.33. The lowest BCUT2D eigenvalue weighted by atomic mass is 9.90. The van der Waals surface area contributed by atoms with Gasteiger partial charge in [0.15, 0.2) is 0 Å². The molecule has 25 heavy (non-hydrogen) atoms. The van der Waals surface area contributed by atoms with E-state index in [0.717, 1.165) is 68.0 Å². The summed E-state index contributed by atoms with van der Waals surface area (Å²) in [6.45, 7) is 5.84. The first-order valence-corrected chi connectivity index (χ1v) is 9.36. The molecule has 2 aromatic heterocycles. The number of likely N-dealkylation sites (tertiary alicyclic amines) is 1. The van der Waals surface area contributed by atoms with Crippen molar-refractivity contribution in [1.82, 2.24) is 25.1 Å². The summed E-state index contributed by atoms with van der Waals surface area (Å²) in [4.78, 5) is 23.1. The van der Waals surface area contributed by atoms with Crippen molar-refractivity contribution in [2.75, 3.05) is 13.1 Å². The third-order valence-electron chi connectivity index (χ3n) is 4.84. The van der Waals surface area contributed by atoms with Crippen molar-refractivity contribution in [2.45, 2.75) is 58.3 Å². The number of H-pyrrole nitrogens is 1. The van der Waals surface area contributed by atoms with Crippen LogP contribution in [0.25, 0.3) is 11.3 Å². The second-order valence-corrected chi connectivity index (χ2v) is 6.71. The van der Waals surface area contributed by atoms with Gasteiger partial charge in [0.25, 0.3) is 0 Å². The number of rotatable bonds is 6. The number of aromatic nitrogens is 4. The van der Waals surface area contributed by atoms with Crippen LogP contribution in [0.15, 0.2) is 18.5 Å². The Hall–Kier alpha value is -2.24. The monoisotopic (exact) mass is 341 g/mol. The molecule has 6 heteroatoms. The number of aryl methyl sites for hydroxylation is 1. The highest BCUT2D eigenvalue weighted by molar-refractivity contribution is 5.76. The van der Waals surface area contributed by atoms with E-state index in [2.05, 4.69) is 29.0 Å². The highest BCUT2D eigenvalue weighted by Crippen LogP contribution is 2.33. The van der Waals surface area contributed by atoms with Gasteiger partial charge in [0, 0.05) is 49.3 Å². The summed E-state index contributed by atoms with van der Waals surface area (Å²) in [5.41, 5.74) is 3.15. The number of nitrogens with one attached hydrogen (secondary N) is 1. The largest absolute Gasteiger partial charge is 0.343 e. The zero-order chi connectivity index (χ0) is 17.6. The molecule has 0 aliphatic carbocycles. The van der Waals surface area contributed by atoms with Crippen LogP contribution >= 0.6 is 0 Å². The molecule has 1 saturated heterocycles. The van der Waals surface area contributed by atoms with Crippen LogP contribution < -0.4 is 0 Å². The van der Waals surface area contributed by atoms with Gasteiger partial charge in [-0.3, -0.25) is 9.89 Å². The normalized spacial score (nSPS) is 15.5. The minimum absolute atomic E-state index is 0.283. The van der Waals surface area contributed by atoms with E-state index in [-0.39, 0.29) is 5.91 Å². The molecule has 0 atom stereocenters. The van der Waals surface area contributed by atoms with Gasteiger partial charge in [0.05, 0.1) is 11.9 Å². The lowest BCUT2D eigenvalue weighted by molar-refractivity contribution is -0.132. The zero-order valence-corrected chi connectivity index (χ0v) is 15.2. The molecule has 0 saturated carbocycles. The summed E-state index contributed by atoms with van der Waals surface area (Å²) in [6.07, 6.45) is 9.12. The Balaban J connectivity index is 1.73. The van der Waals surface area contributed by atoms with Gasteiger partial charge in [-0.15, -0.1) is 0 Å². The van der Waals surface area contributed by atoms with Gasteiger partial charge in [-0.1, -0.05) is 13.8 Å². The van der Waals surface area contributed by atoms with Gasteiger partial charge in [-0.25, -0.2) is 9.97 Å². The lowest BCUT2D eigenvalue weighted by Crippen LogP contribution is -2.37. The Labute approximate surface area is 149 Å². The fourth-order valence-electron chi connectivity index (χ4n) is 3.49. The summed E-state index contributed by atoms with van der Waals surface area (Å²) in [6, 6.07) is 1.95. The van der Waals surface area contributed by atoms with E-state index in [1.54, 1.807) is 0 Å². The third kappa shape index (κ3) is 4.06. The number of carbonyl (C=O) groups is 1. The Morgan fingerprint density at radius 2 is 2.08 bits per heavy atom. The molecule has 2 aromatic rings. The number of hydrogen-bond donors (Lipinski definition) is 1. The van der Waals surface area contributed by atoms with E-state index < -0.39 is 0 Å². The number of hydrogen-bond acceptors (Lipinski definition) is 4. The molecule has 0 unspecified atom stereocenters. The van der Waals surface area contributed by atoms with Crippen molar-refractivity contribution in [3.05, 3.63) is 30.0 Å². The number of amides is 1. The molecule has 3 rings (SSSR count). The maximum absolute atomic E-state index is 12.1. The van der Waals surface area contributed by atoms with Crippen LogP contribution in [0.2, 0.25) is 0 Å². The molecule has 0 aromatic carbocycles. The van der Waals surface area contributed by atoms with Crippen molar-refractivity contribution < 1.29 is 4.79 Å². The minimum atomic E-state index is 0.283. The van der Waals surface area contributed by atoms with Gasteiger partial charge < -0.3 is 4.90 Å². The van der Waals surface area contributed by atoms with E-state index in [1.807, 2.05) is 23.4 Å². The molecule has 0 spiro atoms. The van der Waals surface area contributed by atoms with Crippen molar-refractivity contribution >= 4 is 5.91 Å². The average Bonchev–Trinajstić information content (AvgIpc) is 3.12. The number of nitrogens with zero attached hydrogens (tertiary/aromatic N) is 4. The molecule has 1 N–H and O–H groups in total. The molecule has 134 valence electrons. The van der Waals surface area contributed by atoms with Crippen molar-refractivity contribution in [3.8, 4) is 11.3 Å². The molecule has 1 amide bonds. The van der Waals surface area contributed by atoms with E-state index in [4.69, 9.17) is 4.98 Å². The second-order valence-electron chi connectivity index (χ2n) is 6.71. The second kappa shape index (κ2) is 8.23. The van der Waals surface area contributed by atoms with Gasteiger partial charge in [-0.05, 0) is 31.7 Å². The molecular formula is C19H27N5O. The lowest BCUT2D eigenvalue weighted by Gasteiger charge is -2.32. The maximum Gasteiger partial charge on any atom is 0.222 e. The first kappa shape index (κ1) is 17.6. The van der Waals surface area contributed by atoms with Gasteiger partial charge >= 0.3 is 0 Å². The molecule has 6 nitrogen and oxygen atoms in total. The maximum atomic E-state index is 12.1. The summed E-state index contributed by atoms with van der Waals surface area (Å²) in [7, 11) is 0. The van der Waals surface area contributed by atoms with Gasteiger partial charge in [0.1, 0.15) is 5.82 Å². The Morgan fingerprint density at radius 3 is 2.80 bits per heavy atom. The Morgan fingerprint density at radius 1 is 1.28 bits per heavy atom. The van der Waals surface area contributed by atoms with Crippen LogP contribution in [0.1, 0.15) is 63.4 Å². The van der Waals surface area contributed by atoms with Crippen molar-refractivity contribution in [1.29, 1.82) is 0 Å². The van der Waals surface area contributed by atoms with Crippen molar-refractivity contribution in [2.24, 2.45) is 0 Å². The topological polar surface area (TPSA) is 74.8 Å². The van der Waals surface area contributed by atoms with Crippen LogP contribution in [0.4, 0.5) is 0 Å². The molecule has 1 aliphatic heterocycles. The molecule has 1 aliphatic rings. The third-order valence-corrected chi connectivity index (χ3v) is 4.84.